The maximum atomic E-state index is 9.56. The quantitative estimate of drug-likeness (QED) is 0.882. The number of ether oxygens (including phenoxy) is 1. The van der Waals surface area contributed by atoms with Crippen molar-refractivity contribution in [1.29, 1.82) is 0 Å². The molecule has 2 rings (SSSR count). The second-order valence-electron chi connectivity index (χ2n) is 3.92. The molecule has 1 saturated carbocycles. The number of rotatable bonds is 3. The van der Waals surface area contributed by atoms with Crippen LogP contribution in [0, 0.1) is 5.92 Å². The minimum atomic E-state index is -0.0223. The van der Waals surface area contributed by atoms with Gasteiger partial charge in [0.2, 0.25) is 0 Å². The summed E-state index contributed by atoms with van der Waals surface area (Å²) in [6.07, 6.45) is 2.34. The van der Waals surface area contributed by atoms with E-state index in [1.54, 1.807) is 12.1 Å². The van der Waals surface area contributed by atoms with E-state index in [0.717, 1.165) is 5.56 Å². The number of benzene rings is 1. The number of nitrogens with two attached hydrogens (primary N) is 1. The molecular weight excluding hydrogens is 249 g/mol. The zero-order valence-corrected chi connectivity index (χ0v) is 10.5. The molecule has 1 atom stereocenters. The summed E-state index contributed by atoms with van der Waals surface area (Å²) in [5.74, 6) is 0.912. The van der Waals surface area contributed by atoms with Gasteiger partial charge in [0.25, 0.3) is 0 Å². The van der Waals surface area contributed by atoms with Crippen molar-refractivity contribution in [2.75, 3.05) is 7.11 Å². The van der Waals surface area contributed by atoms with Crippen LogP contribution in [0.1, 0.15) is 24.4 Å². The summed E-state index contributed by atoms with van der Waals surface area (Å²) in [5.41, 5.74) is 6.97. The lowest BCUT2D eigenvalue weighted by Gasteiger charge is -2.14. The van der Waals surface area contributed by atoms with Gasteiger partial charge in [0, 0.05) is 6.04 Å². The van der Waals surface area contributed by atoms with Gasteiger partial charge in [0.1, 0.15) is 0 Å². The van der Waals surface area contributed by atoms with Gasteiger partial charge >= 0.3 is 0 Å². The van der Waals surface area contributed by atoms with Crippen LogP contribution in [-0.4, -0.2) is 12.2 Å². The molecule has 0 bridgehead atoms. The Hall–Kier alpha value is -0.640. The van der Waals surface area contributed by atoms with Crippen LogP contribution >= 0.6 is 24.0 Å². The molecule has 0 radical (unpaired) electrons. The molecule has 0 unspecified atom stereocenters. The molecule has 0 aromatic heterocycles. The summed E-state index contributed by atoms with van der Waals surface area (Å²) >= 11 is 5.88. The Balaban J connectivity index is 0.00000128. The number of phenols is 1. The van der Waals surface area contributed by atoms with Crippen molar-refractivity contribution in [1.82, 2.24) is 0 Å². The SMILES string of the molecule is COc1cc([C@@H](N)C2CC2)cc(Cl)c1O.Cl. The minimum Gasteiger partial charge on any atom is -0.503 e. The van der Waals surface area contributed by atoms with E-state index in [-0.39, 0.29) is 24.2 Å². The molecule has 0 amide bonds. The monoisotopic (exact) mass is 263 g/mol. The van der Waals surface area contributed by atoms with Crippen molar-refractivity contribution < 1.29 is 9.84 Å². The molecule has 1 fully saturated rings. The third-order valence-electron chi connectivity index (χ3n) is 2.79. The Morgan fingerprint density at radius 1 is 1.50 bits per heavy atom. The first-order chi connectivity index (χ1) is 7.13. The van der Waals surface area contributed by atoms with E-state index in [2.05, 4.69) is 0 Å². The topological polar surface area (TPSA) is 55.5 Å². The number of aromatic hydroxyl groups is 1. The summed E-state index contributed by atoms with van der Waals surface area (Å²) in [6, 6.07) is 3.46. The summed E-state index contributed by atoms with van der Waals surface area (Å²) < 4.78 is 5.03. The lowest BCUT2D eigenvalue weighted by Crippen LogP contribution is -2.12. The molecule has 90 valence electrons. The van der Waals surface area contributed by atoms with Crippen LogP contribution in [0.3, 0.4) is 0 Å². The maximum Gasteiger partial charge on any atom is 0.176 e. The van der Waals surface area contributed by atoms with E-state index in [4.69, 9.17) is 22.1 Å². The number of halogens is 2. The summed E-state index contributed by atoms with van der Waals surface area (Å²) in [6.45, 7) is 0. The van der Waals surface area contributed by atoms with Crippen molar-refractivity contribution in [3.05, 3.63) is 22.7 Å². The smallest absolute Gasteiger partial charge is 0.176 e. The van der Waals surface area contributed by atoms with E-state index < -0.39 is 0 Å². The highest BCUT2D eigenvalue weighted by Crippen LogP contribution is 2.43. The molecule has 1 aliphatic carbocycles. The molecule has 3 nitrogen and oxygen atoms in total. The third-order valence-corrected chi connectivity index (χ3v) is 3.07. The third kappa shape index (κ3) is 2.54. The fourth-order valence-corrected chi connectivity index (χ4v) is 1.89. The first-order valence-electron chi connectivity index (χ1n) is 4.95. The van der Waals surface area contributed by atoms with Crippen LogP contribution in [0.4, 0.5) is 0 Å². The molecule has 1 aromatic rings. The molecule has 1 aromatic carbocycles. The normalized spacial score (nSPS) is 16.4. The van der Waals surface area contributed by atoms with Gasteiger partial charge in [-0.05, 0) is 36.5 Å². The van der Waals surface area contributed by atoms with Crippen molar-refractivity contribution in [3.63, 3.8) is 0 Å². The lowest BCUT2D eigenvalue weighted by atomic mass is 10.0. The second-order valence-corrected chi connectivity index (χ2v) is 4.32. The van der Waals surface area contributed by atoms with Gasteiger partial charge in [-0.15, -0.1) is 12.4 Å². The molecule has 0 aliphatic heterocycles. The Kier molecular flexibility index (Phi) is 4.30. The summed E-state index contributed by atoms with van der Waals surface area (Å²) in [4.78, 5) is 0. The average Bonchev–Trinajstić information content (AvgIpc) is 3.04. The summed E-state index contributed by atoms with van der Waals surface area (Å²) in [7, 11) is 1.50. The van der Waals surface area contributed by atoms with Crippen molar-refractivity contribution in [3.8, 4) is 11.5 Å². The van der Waals surface area contributed by atoms with Gasteiger partial charge in [0.05, 0.1) is 12.1 Å². The largest absolute Gasteiger partial charge is 0.503 e. The van der Waals surface area contributed by atoms with Gasteiger partial charge in [-0.1, -0.05) is 11.6 Å². The molecule has 0 heterocycles. The molecule has 3 N–H and O–H groups in total. The fourth-order valence-electron chi connectivity index (χ4n) is 1.67. The molecule has 0 saturated heterocycles. The van der Waals surface area contributed by atoms with Crippen LogP contribution in [-0.2, 0) is 0 Å². The van der Waals surface area contributed by atoms with Crippen molar-refractivity contribution in [2.45, 2.75) is 18.9 Å². The number of hydrogen-bond donors (Lipinski definition) is 2. The van der Waals surface area contributed by atoms with E-state index in [1.165, 1.54) is 20.0 Å². The van der Waals surface area contributed by atoms with Gasteiger partial charge < -0.3 is 15.6 Å². The predicted molar refractivity (Wildman–Crippen MR) is 66.6 cm³/mol. The average molecular weight is 264 g/mol. The first-order valence-corrected chi connectivity index (χ1v) is 5.33. The van der Waals surface area contributed by atoms with Gasteiger partial charge in [0.15, 0.2) is 11.5 Å². The summed E-state index contributed by atoms with van der Waals surface area (Å²) in [5, 5.41) is 9.85. The zero-order valence-electron chi connectivity index (χ0n) is 8.94. The first kappa shape index (κ1) is 13.4. The van der Waals surface area contributed by atoms with Crippen LogP contribution < -0.4 is 10.5 Å². The van der Waals surface area contributed by atoms with Crippen LogP contribution in [0.5, 0.6) is 11.5 Å². The number of phenolic OH excluding ortho intramolecular Hbond substituents is 1. The highest BCUT2D eigenvalue weighted by Gasteiger charge is 2.30. The number of methoxy groups -OCH3 is 1. The van der Waals surface area contributed by atoms with Crippen LogP contribution in [0.15, 0.2) is 12.1 Å². The zero-order chi connectivity index (χ0) is 11.0. The molecule has 1 aliphatic rings. The van der Waals surface area contributed by atoms with Crippen LogP contribution in [0.25, 0.3) is 0 Å². The van der Waals surface area contributed by atoms with E-state index in [9.17, 15) is 5.11 Å². The van der Waals surface area contributed by atoms with Gasteiger partial charge in [-0.2, -0.15) is 0 Å². The highest BCUT2D eigenvalue weighted by atomic mass is 35.5. The van der Waals surface area contributed by atoms with Gasteiger partial charge in [-0.3, -0.25) is 0 Å². The Morgan fingerprint density at radius 2 is 2.12 bits per heavy atom. The fraction of sp³-hybridized carbons (Fsp3) is 0.455. The maximum absolute atomic E-state index is 9.56. The van der Waals surface area contributed by atoms with Crippen LogP contribution in [0.2, 0.25) is 5.02 Å². The minimum absolute atomic E-state index is 0. The van der Waals surface area contributed by atoms with Gasteiger partial charge in [-0.25, -0.2) is 0 Å². The van der Waals surface area contributed by atoms with E-state index >= 15 is 0 Å². The Bertz CT molecular complexity index is 380. The molecular formula is C11H15Cl2NO2. The Morgan fingerprint density at radius 3 is 2.62 bits per heavy atom. The highest BCUT2D eigenvalue weighted by molar-refractivity contribution is 6.32. The van der Waals surface area contributed by atoms with Crippen molar-refractivity contribution in [2.24, 2.45) is 11.7 Å². The Labute approximate surface area is 106 Å². The number of hydrogen-bond acceptors (Lipinski definition) is 3. The standard InChI is InChI=1S/C11H14ClNO2.ClH/c1-15-9-5-7(4-8(12)11(9)14)10(13)6-2-3-6;/h4-6,10,14H,2-3,13H2,1H3;1H/t10-;/m0./s1. The van der Waals surface area contributed by atoms with E-state index in [1.807, 2.05) is 0 Å². The van der Waals surface area contributed by atoms with Crippen molar-refractivity contribution >= 4 is 24.0 Å². The molecule has 0 spiro atoms. The van der Waals surface area contributed by atoms with E-state index in [0.29, 0.717) is 16.7 Å². The lowest BCUT2D eigenvalue weighted by molar-refractivity contribution is 0.372. The molecule has 16 heavy (non-hydrogen) atoms. The molecule has 5 heteroatoms. The predicted octanol–water partition coefficient (Wildman–Crippen LogP) is 2.89. The second kappa shape index (κ2) is 5.13.